The second-order valence-electron chi connectivity index (χ2n) is 4.22. The van der Waals surface area contributed by atoms with Crippen molar-refractivity contribution in [2.75, 3.05) is 18.1 Å². The van der Waals surface area contributed by atoms with Crippen molar-refractivity contribution in [3.8, 4) is 0 Å². The molecule has 3 heterocycles. The van der Waals surface area contributed by atoms with Crippen LogP contribution in [0.25, 0.3) is 11.2 Å². The number of anilines is 2. The highest BCUT2D eigenvalue weighted by atomic mass is 16.5. The number of ether oxygens (including phenoxy) is 1. The van der Waals surface area contributed by atoms with Crippen LogP contribution in [0.5, 0.6) is 0 Å². The zero-order valence-corrected chi connectivity index (χ0v) is 9.84. The van der Waals surface area contributed by atoms with Gasteiger partial charge in [0.15, 0.2) is 11.5 Å². The molecule has 2 aromatic heterocycles. The Labute approximate surface area is 109 Å². The van der Waals surface area contributed by atoms with Crippen molar-refractivity contribution >= 4 is 22.9 Å². The predicted molar refractivity (Wildman–Crippen MR) is 65.8 cm³/mol. The summed E-state index contributed by atoms with van der Waals surface area (Å²) in [6, 6.07) is 0. The lowest BCUT2D eigenvalue weighted by Gasteiger charge is -2.13. The summed E-state index contributed by atoms with van der Waals surface area (Å²) in [5.74, 6) is 0.112. The number of aromatic nitrogens is 4. The van der Waals surface area contributed by atoms with Crippen molar-refractivity contribution in [3.63, 3.8) is 0 Å². The first-order valence-corrected chi connectivity index (χ1v) is 5.65. The Bertz CT molecular complexity index is 649. The summed E-state index contributed by atoms with van der Waals surface area (Å²) in [7, 11) is 0. The number of rotatable bonds is 2. The molecule has 6 N–H and O–H groups in total. The Balaban J connectivity index is 2.07. The van der Waals surface area contributed by atoms with Gasteiger partial charge in [-0.25, -0.2) is 4.98 Å². The lowest BCUT2D eigenvalue weighted by molar-refractivity contribution is -0.0432. The van der Waals surface area contributed by atoms with Gasteiger partial charge in [0.25, 0.3) is 0 Å². The molecule has 102 valence electrons. The maximum absolute atomic E-state index is 9.82. The molecule has 4 atom stereocenters. The molecule has 1 aliphatic heterocycles. The van der Waals surface area contributed by atoms with Gasteiger partial charge in [-0.1, -0.05) is 0 Å². The molecular formula is C10H14N6O3. The molecule has 0 saturated carbocycles. The standard InChI is InChI=1S/C10H14N6O3/c11-8-7-9(15-10(12)14-8)16(3-13-7)6-1-4(18)5(2-17)19-6/h3-6,17-18H,1-2H2,(H4,11,12,14,15)/t4-,5+,6+/m0/s1/i1D/t1-,4+,5-,6-/m1. The summed E-state index contributed by atoms with van der Waals surface area (Å²) >= 11 is 0. The van der Waals surface area contributed by atoms with E-state index in [-0.39, 0.29) is 18.4 Å². The highest BCUT2D eigenvalue weighted by Crippen LogP contribution is 2.31. The molecule has 0 bridgehead atoms. The smallest absolute Gasteiger partial charge is 0.224 e. The van der Waals surface area contributed by atoms with Crippen molar-refractivity contribution in [2.45, 2.75) is 24.8 Å². The maximum atomic E-state index is 9.82. The summed E-state index contributed by atoms with van der Waals surface area (Å²) in [6.07, 6.45) is -2.34. The first kappa shape index (κ1) is 10.9. The summed E-state index contributed by atoms with van der Waals surface area (Å²) in [6.45, 7) is -0.376. The zero-order valence-electron chi connectivity index (χ0n) is 10.8. The van der Waals surface area contributed by atoms with Gasteiger partial charge < -0.3 is 26.4 Å². The number of fused-ring (bicyclic) bond motifs is 1. The molecule has 0 amide bonds. The number of nitrogen functional groups attached to an aromatic ring is 2. The van der Waals surface area contributed by atoms with Crippen molar-refractivity contribution in [1.82, 2.24) is 19.5 Å². The Morgan fingerprint density at radius 1 is 1.53 bits per heavy atom. The third-order valence-electron chi connectivity index (χ3n) is 2.98. The molecule has 0 radical (unpaired) electrons. The van der Waals surface area contributed by atoms with Crippen LogP contribution in [0, 0.1) is 0 Å². The lowest BCUT2D eigenvalue weighted by Crippen LogP contribution is -2.24. The Kier molecular flexibility index (Phi) is 2.47. The van der Waals surface area contributed by atoms with Crippen molar-refractivity contribution in [2.24, 2.45) is 0 Å². The number of aliphatic hydroxyl groups is 2. The summed E-state index contributed by atoms with van der Waals surface area (Å²) in [5.41, 5.74) is 11.9. The fourth-order valence-electron chi connectivity index (χ4n) is 2.05. The molecule has 0 aliphatic carbocycles. The fourth-order valence-corrected chi connectivity index (χ4v) is 2.05. The van der Waals surface area contributed by atoms with E-state index in [1.54, 1.807) is 0 Å². The van der Waals surface area contributed by atoms with Crippen LogP contribution in [-0.2, 0) is 4.74 Å². The molecule has 0 spiro atoms. The number of imidazole rings is 1. The maximum Gasteiger partial charge on any atom is 0.224 e. The first-order valence-electron chi connectivity index (χ1n) is 6.23. The summed E-state index contributed by atoms with van der Waals surface area (Å²) in [4.78, 5) is 11.9. The number of aliphatic hydroxyl groups excluding tert-OH is 2. The number of hydrogen-bond acceptors (Lipinski definition) is 8. The average Bonchev–Trinajstić information content (AvgIpc) is 2.93. The van der Waals surface area contributed by atoms with Gasteiger partial charge in [0, 0.05) is 7.77 Å². The van der Waals surface area contributed by atoms with E-state index in [9.17, 15) is 5.11 Å². The van der Waals surface area contributed by atoms with E-state index >= 15 is 0 Å². The minimum absolute atomic E-state index is 0.0180. The second kappa shape index (κ2) is 4.30. The van der Waals surface area contributed by atoms with Crippen LogP contribution in [0.1, 0.15) is 14.0 Å². The average molecular weight is 267 g/mol. The third-order valence-corrected chi connectivity index (χ3v) is 2.98. The number of hydrogen-bond donors (Lipinski definition) is 4. The quantitative estimate of drug-likeness (QED) is 0.521. The van der Waals surface area contributed by atoms with E-state index in [4.69, 9.17) is 22.7 Å². The highest BCUT2D eigenvalue weighted by molar-refractivity contribution is 5.82. The monoisotopic (exact) mass is 267 g/mol. The molecular weight excluding hydrogens is 252 g/mol. The van der Waals surface area contributed by atoms with Gasteiger partial charge in [0.1, 0.15) is 17.8 Å². The van der Waals surface area contributed by atoms with Crippen LogP contribution in [0.3, 0.4) is 0 Å². The van der Waals surface area contributed by atoms with E-state index in [2.05, 4.69) is 15.0 Å². The Morgan fingerprint density at radius 3 is 3.00 bits per heavy atom. The molecule has 1 aliphatic rings. The van der Waals surface area contributed by atoms with E-state index < -0.39 is 24.8 Å². The number of nitrogens with zero attached hydrogens (tertiary/aromatic N) is 4. The summed E-state index contributed by atoms with van der Waals surface area (Å²) in [5, 5.41) is 18.9. The number of nitrogens with two attached hydrogens (primary N) is 2. The molecule has 3 rings (SSSR count). The van der Waals surface area contributed by atoms with Crippen LogP contribution in [0.4, 0.5) is 11.8 Å². The van der Waals surface area contributed by atoms with E-state index in [1.165, 1.54) is 10.9 Å². The van der Waals surface area contributed by atoms with Gasteiger partial charge in [-0.05, 0) is 0 Å². The van der Waals surface area contributed by atoms with Crippen LogP contribution >= 0.6 is 0 Å². The SMILES string of the molecule is [2H][C@@H]1[C@H](O)[C@@H](CO)O[C@H]1n1cnc2c(N)nc(N)nc21. The highest BCUT2D eigenvalue weighted by Gasteiger charge is 2.35. The van der Waals surface area contributed by atoms with Crippen LogP contribution < -0.4 is 11.5 Å². The molecule has 9 nitrogen and oxygen atoms in total. The van der Waals surface area contributed by atoms with Crippen LogP contribution in [0.15, 0.2) is 6.33 Å². The van der Waals surface area contributed by atoms with Crippen LogP contribution in [-0.4, -0.2) is 48.5 Å². The van der Waals surface area contributed by atoms with Gasteiger partial charge in [-0.3, -0.25) is 4.57 Å². The van der Waals surface area contributed by atoms with Crippen molar-refractivity contribution in [1.29, 1.82) is 0 Å². The molecule has 2 aromatic rings. The van der Waals surface area contributed by atoms with Gasteiger partial charge in [0.2, 0.25) is 5.95 Å². The largest absolute Gasteiger partial charge is 0.394 e. The van der Waals surface area contributed by atoms with E-state index in [0.29, 0.717) is 11.2 Å². The topological polar surface area (TPSA) is 145 Å². The van der Waals surface area contributed by atoms with Gasteiger partial charge in [-0.2, -0.15) is 9.97 Å². The minimum atomic E-state index is -1.10. The van der Waals surface area contributed by atoms with Crippen LogP contribution in [0.2, 0.25) is 0 Å². The Hall–Kier alpha value is -1.97. The molecule has 19 heavy (non-hydrogen) atoms. The molecule has 1 fully saturated rings. The summed E-state index contributed by atoms with van der Waals surface area (Å²) < 4.78 is 14.9. The lowest BCUT2D eigenvalue weighted by atomic mass is 10.2. The van der Waals surface area contributed by atoms with Gasteiger partial charge >= 0.3 is 0 Å². The fraction of sp³-hybridized carbons (Fsp3) is 0.500. The van der Waals surface area contributed by atoms with Crippen molar-refractivity contribution < 1.29 is 16.3 Å². The minimum Gasteiger partial charge on any atom is -0.394 e. The van der Waals surface area contributed by atoms with E-state index in [0.717, 1.165) is 0 Å². The second-order valence-corrected chi connectivity index (χ2v) is 4.22. The van der Waals surface area contributed by atoms with Gasteiger partial charge in [-0.15, -0.1) is 0 Å². The van der Waals surface area contributed by atoms with Gasteiger partial charge in [0.05, 0.1) is 19.0 Å². The molecule has 9 heteroatoms. The Morgan fingerprint density at radius 2 is 2.32 bits per heavy atom. The predicted octanol–water partition coefficient (Wildman–Crippen LogP) is -1.37. The van der Waals surface area contributed by atoms with E-state index in [1.807, 2.05) is 0 Å². The normalized spacial score (nSPS) is 31.8. The van der Waals surface area contributed by atoms with Crippen molar-refractivity contribution in [3.05, 3.63) is 6.33 Å². The molecule has 0 aromatic carbocycles. The zero-order chi connectivity index (χ0) is 14.4. The first-order chi connectivity index (χ1) is 9.52. The molecule has 1 saturated heterocycles. The molecule has 0 unspecified atom stereocenters. The third kappa shape index (κ3) is 1.87.